The molecule has 8 heteroatoms. The predicted octanol–water partition coefficient (Wildman–Crippen LogP) is 1.54. The molecule has 21 heavy (non-hydrogen) atoms. The van der Waals surface area contributed by atoms with Crippen molar-refractivity contribution in [2.45, 2.75) is 36.7 Å². The highest BCUT2D eigenvalue weighted by atomic mass is 35.5. The first-order valence-electron chi connectivity index (χ1n) is 6.39. The van der Waals surface area contributed by atoms with Gasteiger partial charge in [0.2, 0.25) is 10.0 Å². The van der Waals surface area contributed by atoms with Gasteiger partial charge >= 0.3 is 0 Å². The summed E-state index contributed by atoms with van der Waals surface area (Å²) in [4.78, 5) is -0.0896. The van der Waals surface area contributed by atoms with Gasteiger partial charge in [0, 0.05) is 12.1 Å². The summed E-state index contributed by atoms with van der Waals surface area (Å²) in [5.74, 6) is -0.723. The Morgan fingerprint density at radius 1 is 1.48 bits per heavy atom. The Bertz CT molecular complexity index is 645. The zero-order valence-corrected chi connectivity index (χ0v) is 13.1. The normalized spacial score (nSPS) is 22.1. The van der Waals surface area contributed by atoms with Gasteiger partial charge < -0.3 is 5.32 Å². The van der Waals surface area contributed by atoms with Crippen LogP contribution < -0.4 is 10.0 Å². The molecule has 116 valence electrons. The van der Waals surface area contributed by atoms with Gasteiger partial charge in [-0.1, -0.05) is 0 Å². The summed E-state index contributed by atoms with van der Waals surface area (Å²) in [6.07, 6.45) is 1.64. The molecule has 0 bridgehead atoms. The van der Waals surface area contributed by atoms with Gasteiger partial charge in [0.25, 0.3) is 0 Å². The second-order valence-electron chi connectivity index (χ2n) is 4.87. The fourth-order valence-electron chi connectivity index (χ4n) is 2.23. The Labute approximate surface area is 130 Å². The van der Waals surface area contributed by atoms with Crippen molar-refractivity contribution in [3.63, 3.8) is 0 Å². The lowest BCUT2D eigenvalue weighted by atomic mass is 10.0. The summed E-state index contributed by atoms with van der Waals surface area (Å²) >= 11 is 0. The smallest absolute Gasteiger partial charge is 0.240 e. The van der Waals surface area contributed by atoms with Crippen LogP contribution in [-0.2, 0) is 10.0 Å². The van der Waals surface area contributed by atoms with E-state index >= 15 is 0 Å². The lowest BCUT2D eigenvalue weighted by Gasteiger charge is -2.30. The van der Waals surface area contributed by atoms with Crippen molar-refractivity contribution in [1.29, 1.82) is 5.26 Å². The highest BCUT2D eigenvalue weighted by molar-refractivity contribution is 7.89. The van der Waals surface area contributed by atoms with E-state index in [-0.39, 0.29) is 34.9 Å². The molecule has 0 spiro atoms. The monoisotopic (exact) mass is 333 g/mol. The van der Waals surface area contributed by atoms with Crippen molar-refractivity contribution < 1.29 is 12.8 Å². The molecule has 1 heterocycles. The first kappa shape index (κ1) is 17.9. The molecule has 1 saturated heterocycles. The van der Waals surface area contributed by atoms with Crippen LogP contribution in [0.3, 0.4) is 0 Å². The Kier molecular flexibility index (Phi) is 6.10. The van der Waals surface area contributed by atoms with Crippen LogP contribution in [-0.4, -0.2) is 27.0 Å². The Balaban J connectivity index is 0.00000220. The molecule has 2 N–H and O–H groups in total. The lowest BCUT2D eigenvalue weighted by Crippen LogP contribution is -2.51. The van der Waals surface area contributed by atoms with Gasteiger partial charge in [0.1, 0.15) is 11.9 Å². The van der Waals surface area contributed by atoms with Gasteiger partial charge in [-0.05, 0) is 44.5 Å². The molecular formula is C13H17ClFN3O2S. The van der Waals surface area contributed by atoms with Gasteiger partial charge in [-0.3, -0.25) is 0 Å². The zero-order valence-electron chi connectivity index (χ0n) is 11.5. The largest absolute Gasteiger partial charge is 0.313 e. The number of hydrogen-bond donors (Lipinski definition) is 2. The van der Waals surface area contributed by atoms with Gasteiger partial charge in [0.15, 0.2) is 0 Å². The highest BCUT2D eigenvalue weighted by Gasteiger charge is 2.26. The summed E-state index contributed by atoms with van der Waals surface area (Å²) < 4.78 is 40.4. The minimum Gasteiger partial charge on any atom is -0.313 e. The molecule has 2 rings (SSSR count). The number of benzene rings is 1. The quantitative estimate of drug-likeness (QED) is 0.879. The van der Waals surface area contributed by atoms with E-state index in [9.17, 15) is 12.8 Å². The predicted molar refractivity (Wildman–Crippen MR) is 79.2 cm³/mol. The van der Waals surface area contributed by atoms with E-state index in [0.29, 0.717) is 0 Å². The Hall–Kier alpha value is -1.20. The molecule has 0 radical (unpaired) electrons. The fraction of sp³-hybridized carbons (Fsp3) is 0.462. The molecule has 1 fully saturated rings. The summed E-state index contributed by atoms with van der Waals surface area (Å²) in [5.41, 5.74) is -0.275. The summed E-state index contributed by atoms with van der Waals surface area (Å²) in [5, 5.41) is 12.0. The number of halogens is 2. The molecular weight excluding hydrogens is 317 g/mol. The molecule has 0 aliphatic carbocycles. The topological polar surface area (TPSA) is 82.0 Å². The average Bonchev–Trinajstić information content (AvgIpc) is 2.41. The van der Waals surface area contributed by atoms with Crippen LogP contribution in [0.25, 0.3) is 0 Å². The summed E-state index contributed by atoms with van der Waals surface area (Å²) in [7, 11) is -3.75. The maximum absolute atomic E-state index is 13.2. The Morgan fingerprint density at radius 3 is 2.81 bits per heavy atom. The second kappa shape index (κ2) is 7.18. The van der Waals surface area contributed by atoms with Crippen molar-refractivity contribution in [3.05, 3.63) is 29.6 Å². The number of hydrogen-bond acceptors (Lipinski definition) is 4. The Morgan fingerprint density at radius 2 is 2.19 bits per heavy atom. The minimum atomic E-state index is -3.75. The van der Waals surface area contributed by atoms with Gasteiger partial charge in [-0.2, -0.15) is 5.26 Å². The zero-order chi connectivity index (χ0) is 14.8. The maximum atomic E-state index is 13.2. The lowest BCUT2D eigenvalue weighted by molar-refractivity contribution is 0.349. The van der Waals surface area contributed by atoms with Crippen molar-refractivity contribution in [2.75, 3.05) is 6.54 Å². The molecule has 1 aliphatic heterocycles. The van der Waals surface area contributed by atoms with E-state index in [1.54, 1.807) is 6.07 Å². The molecule has 1 aromatic rings. The minimum absolute atomic E-state index is 0. The van der Waals surface area contributed by atoms with Crippen LogP contribution in [0.2, 0.25) is 0 Å². The van der Waals surface area contributed by atoms with Crippen molar-refractivity contribution in [1.82, 2.24) is 10.0 Å². The molecule has 0 amide bonds. The maximum Gasteiger partial charge on any atom is 0.240 e. The van der Waals surface area contributed by atoms with Crippen LogP contribution in [0, 0.1) is 17.1 Å². The van der Waals surface area contributed by atoms with Crippen LogP contribution in [0.4, 0.5) is 4.39 Å². The van der Waals surface area contributed by atoms with Crippen LogP contribution >= 0.6 is 12.4 Å². The molecule has 0 saturated carbocycles. The molecule has 2 atom stereocenters. The average molecular weight is 334 g/mol. The van der Waals surface area contributed by atoms with E-state index in [2.05, 4.69) is 10.0 Å². The number of piperidine rings is 1. The van der Waals surface area contributed by atoms with Crippen LogP contribution in [0.1, 0.15) is 25.3 Å². The molecule has 0 aromatic heterocycles. The highest BCUT2D eigenvalue weighted by Crippen LogP contribution is 2.17. The summed E-state index contributed by atoms with van der Waals surface area (Å²) in [6, 6.07) is 4.69. The molecule has 1 aliphatic rings. The van der Waals surface area contributed by atoms with E-state index in [4.69, 9.17) is 5.26 Å². The molecule has 1 aromatic carbocycles. The fourth-order valence-corrected chi connectivity index (χ4v) is 3.61. The third-order valence-electron chi connectivity index (χ3n) is 3.44. The number of rotatable bonds is 3. The molecule has 5 nitrogen and oxygen atoms in total. The number of sulfonamides is 1. The van der Waals surface area contributed by atoms with E-state index in [1.165, 1.54) is 6.07 Å². The third kappa shape index (κ3) is 4.14. The van der Waals surface area contributed by atoms with Crippen LogP contribution in [0.5, 0.6) is 0 Å². The van der Waals surface area contributed by atoms with E-state index in [1.807, 2.05) is 6.92 Å². The van der Waals surface area contributed by atoms with E-state index < -0.39 is 15.8 Å². The third-order valence-corrected chi connectivity index (χ3v) is 4.92. The van der Waals surface area contributed by atoms with Crippen molar-refractivity contribution in [2.24, 2.45) is 0 Å². The van der Waals surface area contributed by atoms with Crippen LogP contribution in [0.15, 0.2) is 23.1 Å². The second-order valence-corrected chi connectivity index (χ2v) is 6.58. The first-order chi connectivity index (χ1) is 9.44. The summed E-state index contributed by atoms with van der Waals surface area (Å²) in [6.45, 7) is 2.78. The standard InChI is InChI=1S/C13H16FN3O2S.ClH/c1-9-13(3-2-6-16-9)17-20(18,19)11-4-5-12(14)10(7-11)8-15;/h4-5,7,9,13,16-17H,2-3,6H2,1H3;1H. The van der Waals surface area contributed by atoms with Gasteiger partial charge in [-0.15, -0.1) is 12.4 Å². The van der Waals surface area contributed by atoms with E-state index in [0.717, 1.165) is 31.5 Å². The van der Waals surface area contributed by atoms with Crippen molar-refractivity contribution in [3.8, 4) is 6.07 Å². The first-order valence-corrected chi connectivity index (χ1v) is 7.88. The SMILES string of the molecule is CC1NCCCC1NS(=O)(=O)c1ccc(F)c(C#N)c1.Cl. The number of nitriles is 1. The van der Waals surface area contributed by atoms with Gasteiger partial charge in [0.05, 0.1) is 10.5 Å². The van der Waals surface area contributed by atoms with Crippen molar-refractivity contribution >= 4 is 22.4 Å². The van der Waals surface area contributed by atoms with Gasteiger partial charge in [-0.25, -0.2) is 17.5 Å². The molecule has 2 unspecified atom stereocenters. The number of nitrogens with zero attached hydrogens (tertiary/aromatic N) is 1. The number of nitrogens with one attached hydrogen (secondary N) is 2.